The van der Waals surface area contributed by atoms with E-state index in [1.165, 1.54) is 48.2 Å². The molecule has 11 heteroatoms. The van der Waals surface area contributed by atoms with Crippen molar-refractivity contribution in [3.63, 3.8) is 0 Å². The molecule has 29 heavy (non-hydrogen) atoms. The summed E-state index contributed by atoms with van der Waals surface area (Å²) in [5, 5.41) is 0. The van der Waals surface area contributed by atoms with E-state index >= 15 is 0 Å². The van der Waals surface area contributed by atoms with Crippen LogP contribution in [0.15, 0.2) is 72.7 Å². The first-order valence-corrected chi connectivity index (χ1v) is 9.10. The van der Waals surface area contributed by atoms with E-state index in [2.05, 4.69) is 9.72 Å². The molecule has 0 aliphatic carbocycles. The molecule has 1 N–H and O–H groups in total. The Morgan fingerprint density at radius 1 is 0.931 bits per heavy atom. The molecule has 0 atom stereocenters. The summed E-state index contributed by atoms with van der Waals surface area (Å²) in [6, 6.07) is 11.7. The van der Waals surface area contributed by atoms with Crippen molar-refractivity contribution in [3.8, 4) is 11.4 Å². The molecule has 0 radical (unpaired) electrons. The number of halogens is 3. The third-order valence-electron chi connectivity index (χ3n) is 3.79. The molecule has 3 aromatic rings. The van der Waals surface area contributed by atoms with Crippen molar-refractivity contribution in [2.45, 2.75) is 29.6 Å². The first-order valence-electron chi connectivity index (χ1n) is 8.28. The van der Waals surface area contributed by atoms with Gasteiger partial charge in [0.15, 0.2) is 0 Å². The third-order valence-corrected chi connectivity index (χ3v) is 4.80. The largest absolute Gasteiger partial charge is 0.573 e. The van der Waals surface area contributed by atoms with Crippen molar-refractivity contribution >= 4 is 11.8 Å². The zero-order chi connectivity index (χ0) is 21.2. The molecule has 0 aliphatic heterocycles. The number of H-pyrrole nitrogens is 1. The number of nitrogens with zero attached hydrogens (tertiary/aromatic N) is 2. The topological polar surface area (TPSA) is 86.1 Å². The number of rotatable bonds is 5. The molecule has 0 amide bonds. The van der Waals surface area contributed by atoms with Gasteiger partial charge in [0.2, 0.25) is 0 Å². The summed E-state index contributed by atoms with van der Waals surface area (Å²) in [7, 11) is 0. The first kappa shape index (κ1) is 20.5. The summed E-state index contributed by atoms with van der Waals surface area (Å²) >= 11 is 1.27. The van der Waals surface area contributed by atoms with Crippen LogP contribution in [0.5, 0.6) is 5.75 Å². The monoisotopic (exact) mass is 425 g/mol. The van der Waals surface area contributed by atoms with Gasteiger partial charge in [0.1, 0.15) is 5.75 Å². The molecule has 0 aliphatic rings. The van der Waals surface area contributed by atoms with Crippen molar-refractivity contribution in [1.29, 1.82) is 0 Å². The van der Waals surface area contributed by atoms with Crippen molar-refractivity contribution < 1.29 is 17.9 Å². The molecule has 0 unspecified atom stereocenters. The Kier molecular flexibility index (Phi) is 5.69. The molecule has 152 valence electrons. The molecule has 1 aromatic heterocycles. The first-order chi connectivity index (χ1) is 13.7. The standard InChI is InChI=1S/C18H14F3N3O4S/c1-2-23-15(25)22-16(26)24(17(23)27)11-3-7-13(8-4-11)29-14-9-5-12(6-10-14)28-18(19,20)21/h3-10H,2H2,1H3,(H,22,25,26). The summed E-state index contributed by atoms with van der Waals surface area (Å²) in [6.45, 7) is 1.71. The molecule has 0 bridgehead atoms. The van der Waals surface area contributed by atoms with Gasteiger partial charge in [-0.2, -0.15) is 0 Å². The van der Waals surface area contributed by atoms with E-state index < -0.39 is 23.4 Å². The predicted molar refractivity (Wildman–Crippen MR) is 99.8 cm³/mol. The third kappa shape index (κ3) is 4.80. The van der Waals surface area contributed by atoms with E-state index in [1.54, 1.807) is 19.1 Å². The lowest BCUT2D eigenvalue weighted by Crippen LogP contribution is -2.48. The van der Waals surface area contributed by atoms with Gasteiger partial charge in [-0.15, -0.1) is 13.2 Å². The van der Waals surface area contributed by atoms with Crippen molar-refractivity contribution in [1.82, 2.24) is 14.1 Å². The highest BCUT2D eigenvalue weighted by atomic mass is 32.2. The number of ether oxygens (including phenoxy) is 1. The Hall–Kier alpha value is -3.21. The summed E-state index contributed by atoms with van der Waals surface area (Å²) in [5.41, 5.74) is -2.09. The number of hydrogen-bond donors (Lipinski definition) is 1. The van der Waals surface area contributed by atoms with E-state index in [1.807, 2.05) is 0 Å². The molecule has 0 saturated carbocycles. The fourth-order valence-electron chi connectivity index (χ4n) is 2.52. The van der Waals surface area contributed by atoms with E-state index in [-0.39, 0.29) is 18.0 Å². The lowest BCUT2D eigenvalue weighted by molar-refractivity contribution is -0.274. The van der Waals surface area contributed by atoms with Crippen LogP contribution in [0.3, 0.4) is 0 Å². The Morgan fingerprint density at radius 3 is 2.00 bits per heavy atom. The van der Waals surface area contributed by atoms with Gasteiger partial charge >= 0.3 is 23.4 Å². The Morgan fingerprint density at radius 2 is 1.48 bits per heavy atom. The highest BCUT2D eigenvalue weighted by Crippen LogP contribution is 2.30. The lowest BCUT2D eigenvalue weighted by Gasteiger charge is -2.10. The number of aromatic amines is 1. The maximum absolute atomic E-state index is 12.4. The van der Waals surface area contributed by atoms with Gasteiger partial charge in [0, 0.05) is 16.3 Å². The van der Waals surface area contributed by atoms with Crippen LogP contribution >= 0.6 is 11.8 Å². The number of hydrogen-bond acceptors (Lipinski definition) is 5. The maximum atomic E-state index is 12.4. The summed E-state index contributed by atoms with van der Waals surface area (Å²) < 4.78 is 42.2. The summed E-state index contributed by atoms with van der Waals surface area (Å²) in [4.78, 5) is 39.5. The Bertz CT molecular complexity index is 1180. The lowest BCUT2D eigenvalue weighted by atomic mass is 10.3. The van der Waals surface area contributed by atoms with E-state index in [9.17, 15) is 27.6 Å². The average molecular weight is 425 g/mol. The zero-order valence-electron chi connectivity index (χ0n) is 14.9. The van der Waals surface area contributed by atoms with Gasteiger partial charge in [0.05, 0.1) is 5.69 Å². The molecule has 7 nitrogen and oxygen atoms in total. The quantitative estimate of drug-likeness (QED) is 0.680. The second kappa shape index (κ2) is 8.03. The van der Waals surface area contributed by atoms with Gasteiger partial charge in [-0.1, -0.05) is 11.8 Å². The second-order valence-corrected chi connectivity index (χ2v) is 6.86. The Labute approximate surface area is 165 Å². The highest BCUT2D eigenvalue weighted by molar-refractivity contribution is 7.99. The smallest absolute Gasteiger partial charge is 0.406 e. The van der Waals surface area contributed by atoms with Gasteiger partial charge in [-0.3, -0.25) is 4.98 Å². The van der Waals surface area contributed by atoms with Crippen LogP contribution in [0, 0.1) is 0 Å². The van der Waals surface area contributed by atoms with Gasteiger partial charge in [-0.25, -0.2) is 23.5 Å². The SMILES string of the molecule is CCn1c(=O)[nH]c(=O)n(-c2ccc(Sc3ccc(OC(F)(F)F)cc3)cc2)c1=O. The van der Waals surface area contributed by atoms with Crippen LogP contribution in [0.25, 0.3) is 5.69 Å². The molecular weight excluding hydrogens is 411 g/mol. The molecule has 3 rings (SSSR count). The zero-order valence-corrected chi connectivity index (χ0v) is 15.7. The number of benzene rings is 2. The van der Waals surface area contributed by atoms with Gasteiger partial charge in [-0.05, 0) is 55.5 Å². The van der Waals surface area contributed by atoms with Crippen LogP contribution in [0.2, 0.25) is 0 Å². The fraction of sp³-hybridized carbons (Fsp3) is 0.167. The molecule has 0 fully saturated rings. The van der Waals surface area contributed by atoms with Crippen LogP contribution in [0.1, 0.15) is 6.92 Å². The number of alkyl halides is 3. The summed E-state index contributed by atoms with van der Waals surface area (Å²) in [6.07, 6.45) is -4.75. The van der Waals surface area contributed by atoms with E-state index in [0.29, 0.717) is 4.90 Å². The van der Waals surface area contributed by atoms with Crippen LogP contribution in [-0.2, 0) is 6.54 Å². The van der Waals surface area contributed by atoms with Gasteiger partial charge < -0.3 is 4.74 Å². The van der Waals surface area contributed by atoms with Crippen LogP contribution < -0.4 is 21.8 Å². The minimum absolute atomic E-state index is 0.108. The molecule has 2 aromatic carbocycles. The molecule has 0 saturated heterocycles. The average Bonchev–Trinajstić information content (AvgIpc) is 2.63. The molecule has 0 spiro atoms. The van der Waals surface area contributed by atoms with Gasteiger partial charge in [0.25, 0.3) is 0 Å². The van der Waals surface area contributed by atoms with Crippen LogP contribution in [0.4, 0.5) is 13.2 Å². The minimum Gasteiger partial charge on any atom is -0.406 e. The molecule has 1 heterocycles. The normalized spacial score (nSPS) is 11.4. The number of aromatic nitrogens is 3. The highest BCUT2D eigenvalue weighted by Gasteiger charge is 2.30. The van der Waals surface area contributed by atoms with Crippen molar-refractivity contribution in [3.05, 3.63) is 80.0 Å². The van der Waals surface area contributed by atoms with E-state index in [4.69, 9.17) is 0 Å². The minimum atomic E-state index is -4.75. The predicted octanol–water partition coefficient (Wildman–Crippen LogP) is 2.76. The molecular formula is C18H14F3N3O4S. The van der Waals surface area contributed by atoms with Crippen molar-refractivity contribution in [2.75, 3.05) is 0 Å². The van der Waals surface area contributed by atoms with Crippen molar-refractivity contribution in [2.24, 2.45) is 0 Å². The Balaban J connectivity index is 1.82. The summed E-state index contributed by atoms with van der Waals surface area (Å²) in [5.74, 6) is -0.318. The van der Waals surface area contributed by atoms with Crippen LogP contribution in [-0.4, -0.2) is 20.5 Å². The van der Waals surface area contributed by atoms with E-state index in [0.717, 1.165) is 14.0 Å². The maximum Gasteiger partial charge on any atom is 0.573 e. The fourth-order valence-corrected chi connectivity index (χ4v) is 3.34. The second-order valence-electron chi connectivity index (χ2n) is 5.71. The number of nitrogens with one attached hydrogen (secondary N) is 1.